The number of benzene rings is 1. The van der Waals surface area contributed by atoms with Crippen molar-refractivity contribution in [3.05, 3.63) is 24.3 Å². The third-order valence-corrected chi connectivity index (χ3v) is 7.55. The van der Waals surface area contributed by atoms with Crippen LogP contribution in [-0.2, 0) is 20.6 Å². The standard InChI is InChI=1S/C17H27N3O4S2.ClH/c1-19(2)12-10-18-17(21)20-11-4-5-16(13-20)26(23,24)15-8-6-14(7-9-15)25(3)22;/h6-9,16H,4-5,10-13H2,1-3H3,(H,18,21);1H. The van der Waals surface area contributed by atoms with Gasteiger partial charge in [-0.3, -0.25) is 4.21 Å². The van der Waals surface area contributed by atoms with Crippen LogP contribution in [-0.4, -0.2) is 80.2 Å². The summed E-state index contributed by atoms with van der Waals surface area (Å²) >= 11 is 0. The highest BCUT2D eigenvalue weighted by Gasteiger charge is 2.33. The molecule has 0 aliphatic carbocycles. The number of urea groups is 1. The van der Waals surface area contributed by atoms with Gasteiger partial charge < -0.3 is 15.1 Å². The highest BCUT2D eigenvalue weighted by Crippen LogP contribution is 2.24. The fourth-order valence-electron chi connectivity index (χ4n) is 2.89. The van der Waals surface area contributed by atoms with E-state index in [9.17, 15) is 17.4 Å². The van der Waals surface area contributed by atoms with Gasteiger partial charge in [0.05, 0.1) is 10.1 Å². The largest absolute Gasteiger partial charge is 0.337 e. The number of rotatable bonds is 6. The van der Waals surface area contributed by atoms with Gasteiger partial charge in [0.15, 0.2) is 9.84 Å². The Bertz CT molecular complexity index is 754. The predicted molar refractivity (Wildman–Crippen MR) is 110 cm³/mol. The molecule has 2 amide bonds. The Morgan fingerprint density at radius 1 is 1.30 bits per heavy atom. The summed E-state index contributed by atoms with van der Waals surface area (Å²) in [5, 5.41) is 2.22. The highest BCUT2D eigenvalue weighted by molar-refractivity contribution is 7.92. The molecule has 2 rings (SSSR count). The minimum absolute atomic E-state index is 0. The lowest BCUT2D eigenvalue weighted by molar-refractivity contribution is 0.186. The van der Waals surface area contributed by atoms with Crippen molar-refractivity contribution in [2.24, 2.45) is 0 Å². The number of carbonyl (C=O) groups is 1. The van der Waals surface area contributed by atoms with Crippen molar-refractivity contribution in [1.29, 1.82) is 0 Å². The van der Waals surface area contributed by atoms with Crippen LogP contribution < -0.4 is 5.32 Å². The Hall–Kier alpha value is -1.16. The quantitative estimate of drug-likeness (QED) is 0.726. The zero-order valence-electron chi connectivity index (χ0n) is 15.9. The van der Waals surface area contributed by atoms with Crippen molar-refractivity contribution >= 4 is 39.1 Å². The van der Waals surface area contributed by atoms with Gasteiger partial charge >= 0.3 is 6.03 Å². The third-order valence-electron chi connectivity index (χ3n) is 4.42. The number of nitrogens with zero attached hydrogens (tertiary/aromatic N) is 2. The molecule has 0 spiro atoms. The summed E-state index contributed by atoms with van der Waals surface area (Å²) in [6.07, 6.45) is 2.74. The Kier molecular flexibility index (Phi) is 9.20. The van der Waals surface area contributed by atoms with Crippen molar-refractivity contribution in [2.75, 3.05) is 46.5 Å². The fraction of sp³-hybridized carbons (Fsp3) is 0.588. The maximum atomic E-state index is 12.9. The number of likely N-dealkylation sites (N-methyl/N-ethyl adjacent to an activating group) is 1. The molecule has 0 saturated carbocycles. The van der Waals surface area contributed by atoms with Crippen LogP contribution in [0.25, 0.3) is 0 Å². The van der Waals surface area contributed by atoms with Gasteiger partial charge in [-0.15, -0.1) is 12.4 Å². The lowest BCUT2D eigenvalue weighted by Crippen LogP contribution is -2.49. The van der Waals surface area contributed by atoms with Gasteiger partial charge in [0.2, 0.25) is 0 Å². The molecule has 1 aromatic rings. The molecular weight excluding hydrogens is 410 g/mol. The molecule has 7 nitrogen and oxygen atoms in total. The van der Waals surface area contributed by atoms with Gasteiger partial charge in [-0.05, 0) is 51.2 Å². The van der Waals surface area contributed by atoms with Crippen LogP contribution in [0.1, 0.15) is 12.8 Å². The first-order valence-corrected chi connectivity index (χ1v) is 11.7. The Morgan fingerprint density at radius 2 is 1.93 bits per heavy atom. The second kappa shape index (κ2) is 10.4. The number of hydrogen-bond donors (Lipinski definition) is 1. The van der Waals surface area contributed by atoms with E-state index < -0.39 is 25.9 Å². The molecule has 0 aromatic heterocycles. The van der Waals surface area contributed by atoms with E-state index in [-0.39, 0.29) is 29.9 Å². The summed E-state index contributed by atoms with van der Waals surface area (Å²) in [7, 11) is -0.829. The lowest BCUT2D eigenvalue weighted by atomic mass is 10.1. The van der Waals surface area contributed by atoms with E-state index in [0.29, 0.717) is 30.8 Å². The molecule has 1 aliphatic rings. The Labute approximate surface area is 170 Å². The number of piperidine rings is 1. The molecular formula is C17H28ClN3O4S2. The minimum Gasteiger partial charge on any atom is -0.337 e. The highest BCUT2D eigenvalue weighted by atomic mass is 35.5. The second-order valence-corrected chi connectivity index (χ2v) is 10.3. The number of sulfone groups is 1. The number of halogens is 1. The van der Waals surface area contributed by atoms with Crippen LogP contribution in [0, 0.1) is 0 Å². The second-order valence-electron chi connectivity index (χ2n) is 6.72. The summed E-state index contributed by atoms with van der Waals surface area (Å²) in [5.41, 5.74) is 0. The molecule has 1 aromatic carbocycles. The molecule has 0 radical (unpaired) electrons. The molecule has 1 aliphatic heterocycles. The van der Waals surface area contributed by atoms with Gasteiger partial charge in [-0.1, -0.05) is 0 Å². The van der Waals surface area contributed by atoms with Crippen molar-refractivity contribution < 1.29 is 17.4 Å². The molecule has 2 atom stereocenters. The van der Waals surface area contributed by atoms with Gasteiger partial charge in [-0.2, -0.15) is 0 Å². The van der Waals surface area contributed by atoms with Crippen LogP contribution in [0.15, 0.2) is 34.1 Å². The topological polar surface area (TPSA) is 86.8 Å². The number of hydrogen-bond acceptors (Lipinski definition) is 5. The SMILES string of the molecule is CN(C)CCNC(=O)N1CCCC(S(=O)(=O)c2ccc(S(C)=O)cc2)C1.Cl. The molecule has 27 heavy (non-hydrogen) atoms. The summed E-state index contributed by atoms with van der Waals surface area (Å²) in [6.45, 7) is 2.01. The molecule has 1 heterocycles. The number of nitrogens with one attached hydrogen (secondary N) is 1. The van der Waals surface area contributed by atoms with Crippen molar-refractivity contribution in [2.45, 2.75) is 27.9 Å². The average molecular weight is 438 g/mol. The maximum absolute atomic E-state index is 12.9. The fourth-order valence-corrected chi connectivity index (χ4v) is 5.16. The normalized spacial score (nSPS) is 18.7. The van der Waals surface area contributed by atoms with Crippen molar-refractivity contribution in [3.8, 4) is 0 Å². The average Bonchev–Trinajstić information content (AvgIpc) is 2.61. The van der Waals surface area contributed by atoms with E-state index in [2.05, 4.69) is 5.32 Å². The van der Waals surface area contributed by atoms with Crippen LogP contribution in [0.3, 0.4) is 0 Å². The van der Waals surface area contributed by atoms with E-state index in [0.717, 1.165) is 6.54 Å². The first-order valence-electron chi connectivity index (χ1n) is 8.56. The van der Waals surface area contributed by atoms with Crippen LogP contribution in [0.4, 0.5) is 4.79 Å². The van der Waals surface area contributed by atoms with Gasteiger partial charge in [0.1, 0.15) is 0 Å². The summed E-state index contributed by atoms with van der Waals surface area (Å²) in [4.78, 5) is 16.6. The molecule has 1 saturated heterocycles. The Balaban J connectivity index is 0.00000364. The summed E-state index contributed by atoms with van der Waals surface area (Å²) in [6, 6.07) is 5.95. The van der Waals surface area contributed by atoms with Gasteiger partial charge in [-0.25, -0.2) is 13.2 Å². The van der Waals surface area contributed by atoms with Crippen molar-refractivity contribution in [1.82, 2.24) is 15.1 Å². The summed E-state index contributed by atoms with van der Waals surface area (Å²) in [5.74, 6) is 0. The van der Waals surface area contributed by atoms with E-state index >= 15 is 0 Å². The zero-order valence-corrected chi connectivity index (χ0v) is 18.3. The third kappa shape index (κ3) is 6.44. The molecule has 154 valence electrons. The van der Waals surface area contributed by atoms with Crippen LogP contribution in [0.2, 0.25) is 0 Å². The molecule has 2 unspecified atom stereocenters. The molecule has 1 N–H and O–H groups in total. The van der Waals surface area contributed by atoms with Crippen LogP contribution >= 0.6 is 12.4 Å². The number of likely N-dealkylation sites (tertiary alicyclic amines) is 1. The number of amides is 2. The maximum Gasteiger partial charge on any atom is 0.317 e. The van der Waals surface area contributed by atoms with E-state index in [1.165, 1.54) is 12.1 Å². The van der Waals surface area contributed by atoms with E-state index in [1.54, 1.807) is 23.3 Å². The monoisotopic (exact) mass is 437 g/mol. The van der Waals surface area contributed by atoms with Gasteiger partial charge in [0, 0.05) is 48.1 Å². The molecule has 10 heteroatoms. The van der Waals surface area contributed by atoms with E-state index in [4.69, 9.17) is 0 Å². The Morgan fingerprint density at radius 3 is 2.48 bits per heavy atom. The molecule has 0 bridgehead atoms. The first-order chi connectivity index (χ1) is 12.2. The smallest absolute Gasteiger partial charge is 0.317 e. The van der Waals surface area contributed by atoms with Crippen molar-refractivity contribution in [3.63, 3.8) is 0 Å². The summed E-state index contributed by atoms with van der Waals surface area (Å²) < 4.78 is 37.3. The minimum atomic E-state index is -3.53. The lowest BCUT2D eigenvalue weighted by Gasteiger charge is -2.32. The first kappa shape index (κ1) is 23.9. The predicted octanol–water partition coefficient (Wildman–Crippen LogP) is 1.36. The zero-order chi connectivity index (χ0) is 19.3. The van der Waals surface area contributed by atoms with Crippen LogP contribution in [0.5, 0.6) is 0 Å². The molecule has 1 fully saturated rings. The van der Waals surface area contributed by atoms with Gasteiger partial charge in [0.25, 0.3) is 0 Å². The van der Waals surface area contributed by atoms with E-state index in [1.807, 2.05) is 19.0 Å². The number of carbonyl (C=O) groups excluding carboxylic acids is 1.